The zero-order valence-electron chi connectivity index (χ0n) is 16.8. The van der Waals surface area contributed by atoms with E-state index in [1.165, 1.54) is 5.56 Å². The molecule has 2 aromatic carbocycles. The highest BCUT2D eigenvalue weighted by Crippen LogP contribution is 2.22. The zero-order valence-corrected chi connectivity index (χ0v) is 18.3. The number of carbonyl (C=O) groups is 1. The van der Waals surface area contributed by atoms with Gasteiger partial charge in [-0.25, -0.2) is 5.43 Å². The lowest BCUT2D eigenvalue weighted by atomic mass is 10.2. The van der Waals surface area contributed by atoms with E-state index in [-0.39, 0.29) is 5.91 Å². The van der Waals surface area contributed by atoms with Crippen LogP contribution in [-0.2, 0) is 10.5 Å². The van der Waals surface area contributed by atoms with Crippen LogP contribution >= 0.6 is 23.4 Å². The summed E-state index contributed by atoms with van der Waals surface area (Å²) in [6, 6.07) is 18.0. The predicted molar refractivity (Wildman–Crippen MR) is 123 cm³/mol. The van der Waals surface area contributed by atoms with Crippen LogP contribution in [0.5, 0.6) is 0 Å². The third kappa shape index (κ3) is 5.52. The summed E-state index contributed by atoms with van der Waals surface area (Å²) in [5.41, 5.74) is 9.32. The van der Waals surface area contributed by atoms with Gasteiger partial charge in [-0.3, -0.25) is 4.79 Å². The molecule has 0 radical (unpaired) electrons. The first-order valence-electron chi connectivity index (χ1n) is 9.34. The Morgan fingerprint density at radius 3 is 2.59 bits per heavy atom. The van der Waals surface area contributed by atoms with Crippen molar-refractivity contribution in [2.45, 2.75) is 26.5 Å². The van der Waals surface area contributed by atoms with Crippen LogP contribution in [0.15, 0.2) is 59.7 Å². The SMILES string of the molecule is Cc1ccccc1-n1c(C)cc(/C=N\NC(=O)CSCc2ccc(Cl)cc2)c1C. The van der Waals surface area contributed by atoms with Crippen molar-refractivity contribution in [3.63, 3.8) is 0 Å². The van der Waals surface area contributed by atoms with Gasteiger partial charge in [0.05, 0.1) is 12.0 Å². The first-order valence-corrected chi connectivity index (χ1v) is 10.9. The van der Waals surface area contributed by atoms with Gasteiger partial charge in [-0.15, -0.1) is 11.8 Å². The van der Waals surface area contributed by atoms with Gasteiger partial charge in [-0.2, -0.15) is 5.10 Å². The van der Waals surface area contributed by atoms with Crippen molar-refractivity contribution in [2.24, 2.45) is 5.10 Å². The van der Waals surface area contributed by atoms with Gasteiger partial charge < -0.3 is 4.57 Å². The molecule has 0 unspecified atom stereocenters. The second-order valence-corrected chi connectivity index (χ2v) is 8.28. The van der Waals surface area contributed by atoms with Gasteiger partial charge in [-0.1, -0.05) is 41.9 Å². The van der Waals surface area contributed by atoms with Crippen LogP contribution in [0.2, 0.25) is 5.02 Å². The Kier molecular flexibility index (Phi) is 7.18. The number of thioether (sulfide) groups is 1. The van der Waals surface area contributed by atoms with E-state index in [1.54, 1.807) is 18.0 Å². The summed E-state index contributed by atoms with van der Waals surface area (Å²) in [7, 11) is 0. The van der Waals surface area contributed by atoms with Crippen LogP contribution in [0.25, 0.3) is 5.69 Å². The minimum atomic E-state index is -0.118. The fourth-order valence-electron chi connectivity index (χ4n) is 3.15. The number of rotatable bonds is 7. The molecule has 0 aliphatic heterocycles. The number of benzene rings is 2. The number of para-hydroxylation sites is 1. The van der Waals surface area contributed by atoms with Crippen molar-refractivity contribution in [2.75, 3.05) is 5.75 Å². The Bertz CT molecular complexity index is 1030. The highest BCUT2D eigenvalue weighted by molar-refractivity contribution is 7.99. The topological polar surface area (TPSA) is 46.4 Å². The van der Waals surface area contributed by atoms with Crippen LogP contribution in [0, 0.1) is 20.8 Å². The largest absolute Gasteiger partial charge is 0.318 e. The molecule has 1 aromatic heterocycles. The maximum atomic E-state index is 12.0. The fourth-order valence-corrected chi connectivity index (χ4v) is 4.06. The molecule has 29 heavy (non-hydrogen) atoms. The number of hydrogen-bond donors (Lipinski definition) is 1. The summed E-state index contributed by atoms with van der Waals surface area (Å²) in [5, 5.41) is 4.86. The molecule has 1 heterocycles. The first-order chi connectivity index (χ1) is 14.0. The zero-order chi connectivity index (χ0) is 20.8. The number of halogens is 1. The summed E-state index contributed by atoms with van der Waals surface area (Å²) in [4.78, 5) is 12.0. The summed E-state index contributed by atoms with van der Waals surface area (Å²) in [5.74, 6) is 0.988. The van der Waals surface area contributed by atoms with E-state index in [0.29, 0.717) is 10.8 Å². The number of hydrogen-bond acceptors (Lipinski definition) is 3. The summed E-state index contributed by atoms with van der Waals surface area (Å²) >= 11 is 7.42. The Balaban J connectivity index is 1.56. The van der Waals surface area contributed by atoms with Gasteiger partial charge >= 0.3 is 0 Å². The van der Waals surface area contributed by atoms with Gasteiger partial charge in [0.15, 0.2) is 0 Å². The molecule has 0 saturated carbocycles. The van der Waals surface area contributed by atoms with Crippen molar-refractivity contribution in [1.29, 1.82) is 0 Å². The van der Waals surface area contributed by atoms with Crippen LogP contribution in [-0.4, -0.2) is 22.4 Å². The van der Waals surface area contributed by atoms with Gasteiger partial charge in [0.2, 0.25) is 5.91 Å². The third-order valence-electron chi connectivity index (χ3n) is 4.63. The van der Waals surface area contributed by atoms with Gasteiger partial charge in [-0.05, 0) is 56.2 Å². The van der Waals surface area contributed by atoms with E-state index >= 15 is 0 Å². The van der Waals surface area contributed by atoms with E-state index in [4.69, 9.17) is 11.6 Å². The molecule has 3 aromatic rings. The average Bonchev–Trinajstić information content (AvgIpc) is 2.97. The van der Waals surface area contributed by atoms with E-state index < -0.39 is 0 Å². The first kappa shape index (κ1) is 21.2. The Hall–Kier alpha value is -2.50. The monoisotopic (exact) mass is 425 g/mol. The standard InChI is InChI=1S/C23H24ClN3OS/c1-16-6-4-5-7-22(16)27-17(2)12-20(18(27)3)13-25-26-23(28)15-29-14-19-8-10-21(24)11-9-19/h4-13H,14-15H2,1-3H3,(H,26,28)/b25-13-. The number of nitrogens with one attached hydrogen (secondary N) is 1. The van der Waals surface area contributed by atoms with E-state index in [2.05, 4.69) is 54.1 Å². The number of aryl methyl sites for hydroxylation is 2. The highest BCUT2D eigenvalue weighted by Gasteiger charge is 2.11. The van der Waals surface area contributed by atoms with Gasteiger partial charge in [0.1, 0.15) is 0 Å². The van der Waals surface area contributed by atoms with E-state index in [0.717, 1.165) is 34.0 Å². The quantitative estimate of drug-likeness (QED) is 0.404. The smallest absolute Gasteiger partial charge is 0.250 e. The second kappa shape index (κ2) is 9.81. The number of aromatic nitrogens is 1. The van der Waals surface area contributed by atoms with Gasteiger partial charge in [0.25, 0.3) is 0 Å². The Morgan fingerprint density at radius 1 is 1.14 bits per heavy atom. The average molecular weight is 426 g/mol. The van der Waals surface area contributed by atoms with Crippen molar-refractivity contribution in [3.8, 4) is 5.69 Å². The molecular formula is C23H24ClN3OS. The van der Waals surface area contributed by atoms with Crippen LogP contribution in [0.4, 0.5) is 0 Å². The Labute approximate surface area is 181 Å². The lowest BCUT2D eigenvalue weighted by Gasteiger charge is -2.12. The van der Waals surface area contributed by atoms with Crippen LogP contribution in [0.1, 0.15) is 28.1 Å². The molecule has 150 valence electrons. The highest BCUT2D eigenvalue weighted by atomic mass is 35.5. The molecule has 0 fully saturated rings. The minimum Gasteiger partial charge on any atom is -0.318 e. The molecular weight excluding hydrogens is 402 g/mol. The number of amides is 1. The third-order valence-corrected chi connectivity index (χ3v) is 5.89. The molecule has 0 aliphatic carbocycles. The van der Waals surface area contributed by atoms with Crippen molar-refractivity contribution in [3.05, 3.63) is 87.7 Å². The normalized spacial score (nSPS) is 11.2. The molecule has 6 heteroatoms. The van der Waals surface area contributed by atoms with Crippen molar-refractivity contribution < 1.29 is 4.79 Å². The maximum absolute atomic E-state index is 12.0. The number of nitrogens with zero attached hydrogens (tertiary/aromatic N) is 2. The maximum Gasteiger partial charge on any atom is 0.250 e. The summed E-state index contributed by atoms with van der Waals surface area (Å²) < 4.78 is 2.21. The van der Waals surface area contributed by atoms with Crippen molar-refractivity contribution >= 4 is 35.5 Å². The summed E-state index contributed by atoms with van der Waals surface area (Å²) in [6.45, 7) is 6.23. The molecule has 3 rings (SSSR count). The van der Waals surface area contributed by atoms with Crippen LogP contribution in [0.3, 0.4) is 0 Å². The number of hydrazone groups is 1. The second-order valence-electron chi connectivity index (χ2n) is 6.86. The molecule has 4 nitrogen and oxygen atoms in total. The molecule has 0 aliphatic rings. The summed E-state index contributed by atoms with van der Waals surface area (Å²) in [6.07, 6.45) is 1.71. The van der Waals surface area contributed by atoms with Crippen molar-refractivity contribution in [1.82, 2.24) is 9.99 Å². The molecule has 0 bridgehead atoms. The van der Waals surface area contributed by atoms with E-state index in [9.17, 15) is 4.79 Å². The minimum absolute atomic E-state index is 0.118. The molecule has 0 saturated heterocycles. The van der Waals surface area contributed by atoms with Crippen LogP contribution < -0.4 is 5.43 Å². The molecule has 0 atom stereocenters. The predicted octanol–water partition coefficient (Wildman–Crippen LogP) is 5.44. The molecule has 1 N–H and O–H groups in total. The number of carbonyl (C=O) groups excluding carboxylic acids is 1. The fraction of sp³-hybridized carbons (Fsp3) is 0.217. The lowest BCUT2D eigenvalue weighted by Crippen LogP contribution is -2.19. The Morgan fingerprint density at radius 2 is 1.86 bits per heavy atom. The lowest BCUT2D eigenvalue weighted by molar-refractivity contribution is -0.118. The van der Waals surface area contributed by atoms with Gasteiger partial charge in [0, 0.05) is 33.4 Å². The molecule has 1 amide bonds. The molecule has 0 spiro atoms. The van der Waals surface area contributed by atoms with E-state index in [1.807, 2.05) is 36.4 Å².